The zero-order chi connectivity index (χ0) is 12.1. The first-order valence-electron chi connectivity index (χ1n) is 4.90. The highest BCUT2D eigenvalue weighted by atomic mass is 79.9. The van der Waals surface area contributed by atoms with Crippen LogP contribution in [-0.2, 0) is 16.0 Å². The molecule has 1 rings (SSSR count). The molecule has 2 N–H and O–H groups in total. The molecule has 0 aliphatic heterocycles. The lowest BCUT2D eigenvalue weighted by Gasteiger charge is -2.11. The van der Waals surface area contributed by atoms with E-state index in [1.54, 1.807) is 13.0 Å². The molecule has 1 atom stereocenters. The van der Waals surface area contributed by atoms with Crippen LogP contribution in [0.4, 0.5) is 0 Å². The highest BCUT2D eigenvalue weighted by Crippen LogP contribution is 2.22. The van der Waals surface area contributed by atoms with E-state index in [-0.39, 0.29) is 0 Å². The van der Waals surface area contributed by atoms with Gasteiger partial charge in [-0.15, -0.1) is 0 Å². The number of rotatable bonds is 4. The summed E-state index contributed by atoms with van der Waals surface area (Å²) in [4.78, 5) is 11.3. The average Bonchev–Trinajstić information content (AvgIpc) is 2.23. The van der Waals surface area contributed by atoms with Crippen LogP contribution >= 0.6 is 27.5 Å². The van der Waals surface area contributed by atoms with Crippen molar-refractivity contribution in [2.24, 2.45) is 5.73 Å². The van der Waals surface area contributed by atoms with Gasteiger partial charge in [0, 0.05) is 9.50 Å². The molecule has 5 heteroatoms. The SMILES string of the molecule is CCOC(=O)C(N)Cc1cc(Br)ccc1Cl. The standard InChI is InChI=1S/C11H13BrClNO2/c1-2-16-11(15)10(14)6-7-5-8(12)3-4-9(7)13/h3-5,10H,2,6,14H2,1H3. The fourth-order valence-corrected chi connectivity index (χ4v) is 1.87. The minimum absolute atomic E-state index is 0.332. The van der Waals surface area contributed by atoms with Gasteiger partial charge in [-0.2, -0.15) is 0 Å². The first-order chi connectivity index (χ1) is 7.54. The first kappa shape index (κ1) is 13.5. The second kappa shape index (κ2) is 6.23. The van der Waals surface area contributed by atoms with Crippen LogP contribution in [-0.4, -0.2) is 18.6 Å². The van der Waals surface area contributed by atoms with Gasteiger partial charge in [-0.05, 0) is 37.1 Å². The Labute approximate surface area is 108 Å². The third kappa shape index (κ3) is 3.77. The molecule has 1 aromatic rings. The summed E-state index contributed by atoms with van der Waals surface area (Å²) in [7, 11) is 0. The highest BCUT2D eigenvalue weighted by Gasteiger charge is 2.16. The Morgan fingerprint density at radius 3 is 2.94 bits per heavy atom. The van der Waals surface area contributed by atoms with Gasteiger partial charge < -0.3 is 10.5 Å². The molecule has 1 unspecified atom stereocenters. The van der Waals surface area contributed by atoms with Gasteiger partial charge in [-0.1, -0.05) is 27.5 Å². The average molecular weight is 307 g/mol. The lowest BCUT2D eigenvalue weighted by molar-refractivity contribution is -0.144. The second-order valence-electron chi connectivity index (χ2n) is 3.30. The van der Waals surface area contributed by atoms with Crippen molar-refractivity contribution in [2.75, 3.05) is 6.61 Å². The van der Waals surface area contributed by atoms with Gasteiger partial charge >= 0.3 is 5.97 Å². The molecule has 0 bridgehead atoms. The monoisotopic (exact) mass is 305 g/mol. The zero-order valence-electron chi connectivity index (χ0n) is 8.87. The number of carbonyl (C=O) groups excluding carboxylic acids is 1. The van der Waals surface area contributed by atoms with E-state index in [0.29, 0.717) is 18.1 Å². The summed E-state index contributed by atoms with van der Waals surface area (Å²) in [5, 5.41) is 0.600. The van der Waals surface area contributed by atoms with E-state index in [9.17, 15) is 4.79 Å². The summed E-state index contributed by atoms with van der Waals surface area (Å²) < 4.78 is 5.73. The number of ether oxygens (including phenoxy) is 1. The number of carbonyl (C=O) groups is 1. The van der Waals surface area contributed by atoms with Gasteiger partial charge in [0.2, 0.25) is 0 Å². The summed E-state index contributed by atoms with van der Waals surface area (Å²) >= 11 is 9.33. The first-order valence-corrected chi connectivity index (χ1v) is 6.07. The lowest BCUT2D eigenvalue weighted by Crippen LogP contribution is -2.34. The quantitative estimate of drug-likeness (QED) is 0.870. The van der Waals surface area contributed by atoms with Crippen LogP contribution in [0.15, 0.2) is 22.7 Å². The van der Waals surface area contributed by atoms with Crippen LogP contribution in [0.1, 0.15) is 12.5 Å². The van der Waals surface area contributed by atoms with E-state index in [0.717, 1.165) is 10.0 Å². The molecule has 0 amide bonds. The maximum atomic E-state index is 11.3. The number of nitrogens with two attached hydrogens (primary N) is 1. The van der Waals surface area contributed by atoms with E-state index in [1.807, 2.05) is 12.1 Å². The minimum Gasteiger partial charge on any atom is -0.465 e. The van der Waals surface area contributed by atoms with Crippen molar-refractivity contribution in [1.29, 1.82) is 0 Å². The van der Waals surface area contributed by atoms with Gasteiger partial charge in [0.05, 0.1) is 6.61 Å². The predicted octanol–water partition coefficient (Wildman–Crippen LogP) is 2.54. The van der Waals surface area contributed by atoms with Crippen LogP contribution in [0, 0.1) is 0 Å². The Balaban J connectivity index is 2.72. The normalized spacial score (nSPS) is 12.2. The Bertz CT molecular complexity index is 384. The van der Waals surface area contributed by atoms with E-state index in [2.05, 4.69) is 15.9 Å². The molecule has 3 nitrogen and oxygen atoms in total. The number of hydrogen-bond donors (Lipinski definition) is 1. The Morgan fingerprint density at radius 1 is 1.62 bits per heavy atom. The Hall–Kier alpha value is -0.580. The molecule has 88 valence electrons. The molecule has 0 fully saturated rings. The van der Waals surface area contributed by atoms with E-state index < -0.39 is 12.0 Å². The number of benzene rings is 1. The maximum absolute atomic E-state index is 11.3. The molecule has 0 aromatic heterocycles. The zero-order valence-corrected chi connectivity index (χ0v) is 11.2. The van der Waals surface area contributed by atoms with Gasteiger partial charge in [0.25, 0.3) is 0 Å². The maximum Gasteiger partial charge on any atom is 0.323 e. The van der Waals surface area contributed by atoms with Crippen LogP contribution in [0.2, 0.25) is 5.02 Å². The summed E-state index contributed by atoms with van der Waals surface area (Å²) in [5.41, 5.74) is 6.54. The smallest absolute Gasteiger partial charge is 0.323 e. The molecule has 0 aliphatic carbocycles. The molecule has 16 heavy (non-hydrogen) atoms. The summed E-state index contributed by atoms with van der Waals surface area (Å²) in [5.74, 6) is -0.404. The molecule has 0 aliphatic rings. The number of hydrogen-bond acceptors (Lipinski definition) is 3. The molecule has 0 spiro atoms. The van der Waals surface area contributed by atoms with Crippen LogP contribution in [0.3, 0.4) is 0 Å². The van der Waals surface area contributed by atoms with Gasteiger partial charge in [-0.25, -0.2) is 0 Å². The van der Waals surface area contributed by atoms with Crippen molar-refractivity contribution < 1.29 is 9.53 Å². The van der Waals surface area contributed by atoms with Crippen molar-refractivity contribution in [3.8, 4) is 0 Å². The van der Waals surface area contributed by atoms with Crippen molar-refractivity contribution in [1.82, 2.24) is 0 Å². The number of esters is 1. The number of halogens is 2. The molecular weight excluding hydrogens is 293 g/mol. The second-order valence-corrected chi connectivity index (χ2v) is 4.62. The largest absolute Gasteiger partial charge is 0.465 e. The molecule has 0 saturated carbocycles. The molecule has 0 saturated heterocycles. The van der Waals surface area contributed by atoms with Crippen LogP contribution in [0.25, 0.3) is 0 Å². The minimum atomic E-state index is -0.674. The molecular formula is C11H13BrClNO2. The van der Waals surface area contributed by atoms with Crippen LogP contribution in [0.5, 0.6) is 0 Å². The summed E-state index contributed by atoms with van der Waals surface area (Å²) in [6.45, 7) is 2.08. The molecule has 1 aromatic carbocycles. The third-order valence-corrected chi connectivity index (χ3v) is 2.90. The van der Waals surface area contributed by atoms with Crippen LogP contribution < -0.4 is 5.73 Å². The summed E-state index contributed by atoms with van der Waals surface area (Å²) in [6, 6.07) is 4.77. The predicted molar refractivity (Wildman–Crippen MR) is 67.5 cm³/mol. The van der Waals surface area contributed by atoms with Gasteiger partial charge in [0.1, 0.15) is 6.04 Å². The van der Waals surface area contributed by atoms with Crippen molar-refractivity contribution in [3.63, 3.8) is 0 Å². The third-order valence-electron chi connectivity index (χ3n) is 2.04. The topological polar surface area (TPSA) is 52.3 Å². The van der Waals surface area contributed by atoms with Crippen molar-refractivity contribution in [2.45, 2.75) is 19.4 Å². The molecule has 0 heterocycles. The van der Waals surface area contributed by atoms with E-state index in [1.165, 1.54) is 0 Å². The van der Waals surface area contributed by atoms with E-state index >= 15 is 0 Å². The molecule has 0 radical (unpaired) electrons. The van der Waals surface area contributed by atoms with Gasteiger partial charge in [0.15, 0.2) is 0 Å². The lowest BCUT2D eigenvalue weighted by atomic mass is 10.1. The van der Waals surface area contributed by atoms with Crippen molar-refractivity contribution >= 4 is 33.5 Å². The fraction of sp³-hybridized carbons (Fsp3) is 0.364. The highest BCUT2D eigenvalue weighted by molar-refractivity contribution is 9.10. The summed E-state index contributed by atoms with van der Waals surface area (Å²) in [6.07, 6.45) is 0.372. The van der Waals surface area contributed by atoms with Crippen molar-refractivity contribution in [3.05, 3.63) is 33.3 Å². The Kier molecular flexibility index (Phi) is 5.25. The fourth-order valence-electron chi connectivity index (χ4n) is 1.27. The Morgan fingerprint density at radius 2 is 2.31 bits per heavy atom. The van der Waals surface area contributed by atoms with Gasteiger partial charge in [-0.3, -0.25) is 4.79 Å². The van der Waals surface area contributed by atoms with E-state index in [4.69, 9.17) is 22.1 Å².